The summed E-state index contributed by atoms with van der Waals surface area (Å²) in [7, 11) is 0. The second kappa shape index (κ2) is 18.8. The van der Waals surface area contributed by atoms with Gasteiger partial charge >= 0.3 is 5.97 Å². The average Bonchev–Trinajstić information content (AvgIpc) is 3.90. The Balaban J connectivity index is 1.32. The molecule has 0 saturated heterocycles. The highest BCUT2D eigenvalue weighted by atomic mass is 16.5. The molecule has 60 heavy (non-hydrogen) atoms. The van der Waals surface area contributed by atoms with Gasteiger partial charge < -0.3 is 9.30 Å². The Kier molecular flexibility index (Phi) is 12.9. The van der Waals surface area contributed by atoms with Crippen LogP contribution in [0.15, 0.2) is 151 Å². The van der Waals surface area contributed by atoms with Gasteiger partial charge in [-0.15, -0.1) is 5.10 Å². The van der Waals surface area contributed by atoms with Crippen LogP contribution in [-0.2, 0) is 28.0 Å². The fourth-order valence-corrected chi connectivity index (χ4v) is 7.89. The van der Waals surface area contributed by atoms with Crippen molar-refractivity contribution in [2.75, 3.05) is 18.1 Å². The van der Waals surface area contributed by atoms with Crippen LogP contribution in [0.25, 0.3) is 22.5 Å². The molecule has 2 heterocycles. The molecule has 0 aliphatic rings. The molecule has 0 fully saturated rings. The first kappa shape index (κ1) is 41.2. The van der Waals surface area contributed by atoms with Crippen LogP contribution in [0.4, 0.5) is 5.82 Å². The van der Waals surface area contributed by atoms with E-state index in [4.69, 9.17) is 20.0 Å². The van der Waals surface area contributed by atoms with Gasteiger partial charge in [0, 0.05) is 31.1 Å². The maximum atomic E-state index is 13.7. The van der Waals surface area contributed by atoms with Gasteiger partial charge in [0.05, 0.1) is 6.61 Å². The normalized spacial score (nSPS) is 11.3. The van der Waals surface area contributed by atoms with E-state index in [2.05, 4.69) is 84.9 Å². The van der Waals surface area contributed by atoms with Crippen LogP contribution in [0, 0.1) is 0 Å². The lowest BCUT2D eigenvalue weighted by Crippen LogP contribution is -2.39. The quantitative estimate of drug-likeness (QED) is 0.0544. The van der Waals surface area contributed by atoms with Gasteiger partial charge in [-0.3, -0.25) is 9.69 Å². The van der Waals surface area contributed by atoms with Crippen molar-refractivity contribution in [2.24, 2.45) is 0 Å². The third-order valence-electron chi connectivity index (χ3n) is 10.6. The molecular formula is C50H51N7O3. The highest BCUT2D eigenvalue weighted by molar-refractivity contribution is 6.05. The number of esters is 1. The third-order valence-corrected chi connectivity index (χ3v) is 10.6. The number of likely N-dealkylation sites (N-methyl/N-ethyl adjacent to an activating group) is 1. The second-order valence-electron chi connectivity index (χ2n) is 14.9. The van der Waals surface area contributed by atoms with Crippen molar-refractivity contribution in [1.29, 1.82) is 0 Å². The molecule has 0 saturated carbocycles. The molecule has 0 bridgehead atoms. The van der Waals surface area contributed by atoms with E-state index in [0.29, 0.717) is 31.2 Å². The summed E-state index contributed by atoms with van der Waals surface area (Å²) < 4.78 is 9.47. The summed E-state index contributed by atoms with van der Waals surface area (Å²) in [5, 5.41) is 13.8. The summed E-state index contributed by atoms with van der Waals surface area (Å²) in [5.41, 5.74) is 7.05. The van der Waals surface area contributed by atoms with Gasteiger partial charge in [0.25, 0.3) is 5.91 Å². The van der Waals surface area contributed by atoms with Crippen molar-refractivity contribution in [1.82, 2.24) is 29.8 Å². The number of rotatable bonds is 16. The summed E-state index contributed by atoms with van der Waals surface area (Å²) in [6, 6.07) is 47.6. The van der Waals surface area contributed by atoms with E-state index in [0.717, 1.165) is 63.2 Å². The highest BCUT2D eigenvalue weighted by Gasteiger charge is 2.42. The van der Waals surface area contributed by atoms with Crippen molar-refractivity contribution in [3.8, 4) is 22.5 Å². The minimum Gasteiger partial charge on any atom is -0.461 e. The fourth-order valence-electron chi connectivity index (χ4n) is 7.89. The molecule has 7 rings (SSSR count). The molecule has 0 atom stereocenters. The molecule has 0 unspecified atom stereocenters. The van der Waals surface area contributed by atoms with E-state index in [-0.39, 0.29) is 18.2 Å². The van der Waals surface area contributed by atoms with Crippen molar-refractivity contribution >= 4 is 17.7 Å². The predicted octanol–water partition coefficient (Wildman–Crippen LogP) is 9.93. The van der Waals surface area contributed by atoms with Gasteiger partial charge in [-0.25, -0.2) is 14.5 Å². The number of carbonyl (C=O) groups excluding carboxylic acids is 2. The maximum Gasteiger partial charge on any atom is 0.358 e. The number of tetrazole rings is 1. The van der Waals surface area contributed by atoms with Crippen LogP contribution in [0.2, 0.25) is 0 Å². The molecular weight excluding hydrogens is 747 g/mol. The number of amides is 1. The van der Waals surface area contributed by atoms with Gasteiger partial charge in [0.1, 0.15) is 11.4 Å². The number of anilines is 1. The summed E-state index contributed by atoms with van der Waals surface area (Å²) >= 11 is 0. The molecule has 7 aromatic rings. The Labute approximate surface area is 352 Å². The molecule has 0 spiro atoms. The largest absolute Gasteiger partial charge is 0.461 e. The topological polar surface area (TPSA) is 108 Å². The number of unbranched alkanes of at least 4 members (excludes halogenated alkanes) is 1. The van der Waals surface area contributed by atoms with Crippen LogP contribution in [0.5, 0.6) is 0 Å². The summed E-state index contributed by atoms with van der Waals surface area (Å²) in [6.07, 6.45) is 4.05. The van der Waals surface area contributed by atoms with Crippen LogP contribution in [-0.4, -0.2) is 54.8 Å². The number of benzene rings is 5. The van der Waals surface area contributed by atoms with E-state index >= 15 is 0 Å². The van der Waals surface area contributed by atoms with E-state index < -0.39 is 11.5 Å². The van der Waals surface area contributed by atoms with E-state index in [9.17, 15) is 9.59 Å². The number of hydrogen-bond acceptors (Lipinski definition) is 7. The Morgan fingerprint density at radius 2 is 1.30 bits per heavy atom. The molecule has 304 valence electrons. The monoisotopic (exact) mass is 797 g/mol. The summed E-state index contributed by atoms with van der Waals surface area (Å²) in [4.78, 5) is 33.7. The minimum atomic E-state index is -0.904. The number of allylic oxidation sites excluding steroid dienone is 1. The zero-order chi connectivity index (χ0) is 42.1. The van der Waals surface area contributed by atoms with E-state index in [1.807, 2.05) is 96.8 Å². The number of ether oxygens (including phenoxy) is 1. The van der Waals surface area contributed by atoms with Gasteiger partial charge in [-0.2, -0.15) is 0 Å². The van der Waals surface area contributed by atoms with Crippen molar-refractivity contribution < 1.29 is 14.3 Å². The van der Waals surface area contributed by atoms with E-state index in [1.165, 1.54) is 0 Å². The van der Waals surface area contributed by atoms with Crippen LogP contribution >= 0.6 is 0 Å². The number of carbonyl (C=O) groups is 2. The molecule has 1 amide bonds. The highest BCUT2D eigenvalue weighted by Crippen LogP contribution is 2.43. The molecule has 2 aromatic heterocycles. The van der Waals surface area contributed by atoms with Gasteiger partial charge in [0.2, 0.25) is 0 Å². The molecule has 0 radical (unpaired) electrons. The van der Waals surface area contributed by atoms with Gasteiger partial charge in [-0.05, 0) is 77.9 Å². The summed E-state index contributed by atoms with van der Waals surface area (Å²) in [5.74, 6) is 0.938. The minimum absolute atomic E-state index is 0.197. The fraction of sp³-hybridized carbons (Fsp3) is 0.240. The second-order valence-corrected chi connectivity index (χ2v) is 14.9. The Morgan fingerprint density at radius 1 is 0.733 bits per heavy atom. The SMILES string of the molecule is CCCCc1nc(N(CC)C(=O)C=C(C)C)c(C(=O)OCC)n1Cc1ccc(-c2ccccc2-c2nnnn2C(c2ccccc2)(c2ccccc2)c2ccccc2)cc1. The number of aromatic nitrogens is 6. The van der Waals surface area contributed by atoms with Crippen LogP contribution < -0.4 is 4.90 Å². The molecule has 10 nitrogen and oxygen atoms in total. The average molecular weight is 798 g/mol. The van der Waals surface area contributed by atoms with E-state index in [1.54, 1.807) is 17.9 Å². The first-order chi connectivity index (χ1) is 29.3. The Hall–Kier alpha value is -6.94. The predicted molar refractivity (Wildman–Crippen MR) is 237 cm³/mol. The maximum absolute atomic E-state index is 13.7. The molecule has 10 heteroatoms. The van der Waals surface area contributed by atoms with Crippen molar-refractivity contribution in [2.45, 2.75) is 66.0 Å². The van der Waals surface area contributed by atoms with Crippen molar-refractivity contribution in [3.63, 3.8) is 0 Å². The first-order valence-electron chi connectivity index (χ1n) is 20.7. The zero-order valence-corrected chi connectivity index (χ0v) is 35.0. The van der Waals surface area contributed by atoms with Crippen molar-refractivity contribution in [3.05, 3.63) is 185 Å². The van der Waals surface area contributed by atoms with Crippen LogP contribution in [0.1, 0.15) is 86.0 Å². The Morgan fingerprint density at radius 3 is 1.83 bits per heavy atom. The Bertz CT molecular complexity index is 2460. The summed E-state index contributed by atoms with van der Waals surface area (Å²) in [6.45, 7) is 10.4. The molecule has 5 aromatic carbocycles. The number of imidazole rings is 1. The molecule has 0 aliphatic heterocycles. The lowest BCUT2D eigenvalue weighted by atomic mass is 9.77. The molecule has 0 N–H and O–H groups in total. The smallest absolute Gasteiger partial charge is 0.358 e. The van der Waals surface area contributed by atoms with Gasteiger partial charge in [0.15, 0.2) is 17.3 Å². The zero-order valence-electron chi connectivity index (χ0n) is 35.0. The molecule has 0 aliphatic carbocycles. The third kappa shape index (κ3) is 8.18. The number of hydrogen-bond donors (Lipinski definition) is 0. The van der Waals surface area contributed by atoms with Gasteiger partial charge in [-0.1, -0.05) is 158 Å². The lowest BCUT2D eigenvalue weighted by Gasteiger charge is -2.36. The number of aryl methyl sites for hydroxylation is 1. The number of nitrogens with zero attached hydrogens (tertiary/aromatic N) is 7. The lowest BCUT2D eigenvalue weighted by molar-refractivity contribution is -0.114. The van der Waals surface area contributed by atoms with Crippen LogP contribution in [0.3, 0.4) is 0 Å². The standard InChI is InChI=1S/C50H51N7O3/c1-6-9-29-44-51-48(55(7-2)45(58)34-36(4)5)46(49(59)60-8-3)56(44)35-37-30-32-38(33-31-37)42-27-19-20-28-43(42)47-52-53-54-57(47)50(39-21-13-10-14-22-39,40-23-15-11-16-24-40)41-25-17-12-18-26-41/h10-28,30-34H,6-9,29,35H2,1-5H3. The first-order valence-corrected chi connectivity index (χ1v) is 20.7.